The Labute approximate surface area is 130 Å². The van der Waals surface area contributed by atoms with Crippen LogP contribution >= 0.6 is 0 Å². The van der Waals surface area contributed by atoms with Crippen molar-refractivity contribution in [3.05, 3.63) is 35.1 Å². The van der Waals surface area contributed by atoms with E-state index in [9.17, 15) is 22.4 Å². The van der Waals surface area contributed by atoms with Gasteiger partial charge in [0.05, 0.1) is 12.1 Å². The van der Waals surface area contributed by atoms with Crippen molar-refractivity contribution < 1.29 is 27.1 Å². The molecule has 126 valence electrons. The quantitative estimate of drug-likeness (QED) is 0.847. The molecule has 0 saturated carbocycles. The van der Waals surface area contributed by atoms with E-state index >= 15 is 0 Å². The van der Waals surface area contributed by atoms with E-state index < -0.39 is 29.3 Å². The Hall–Kier alpha value is -1.83. The van der Waals surface area contributed by atoms with Gasteiger partial charge in [0.15, 0.2) is 0 Å². The van der Waals surface area contributed by atoms with E-state index in [1.807, 2.05) is 4.90 Å². The van der Waals surface area contributed by atoms with E-state index in [1.165, 1.54) is 6.07 Å². The van der Waals surface area contributed by atoms with Crippen molar-refractivity contribution in [1.29, 1.82) is 0 Å². The first-order valence-corrected chi connectivity index (χ1v) is 7.32. The maximum atomic E-state index is 13.6. The Kier molecular flexibility index (Phi) is 3.95. The molecule has 0 aromatic heterocycles. The normalized spacial score (nSPS) is 25.5. The van der Waals surface area contributed by atoms with Gasteiger partial charge < -0.3 is 10.1 Å². The average Bonchev–Trinajstić information content (AvgIpc) is 2.78. The van der Waals surface area contributed by atoms with Crippen molar-refractivity contribution in [2.24, 2.45) is 0 Å². The topological polar surface area (TPSA) is 41.6 Å². The van der Waals surface area contributed by atoms with Gasteiger partial charge in [0.2, 0.25) is 0 Å². The lowest BCUT2D eigenvalue weighted by Gasteiger charge is -2.38. The highest BCUT2D eigenvalue weighted by atomic mass is 19.4. The summed E-state index contributed by atoms with van der Waals surface area (Å²) in [5.41, 5.74) is -1.38. The number of benzene rings is 1. The summed E-state index contributed by atoms with van der Waals surface area (Å²) < 4.78 is 56.7. The molecule has 23 heavy (non-hydrogen) atoms. The summed E-state index contributed by atoms with van der Waals surface area (Å²) >= 11 is 0. The summed E-state index contributed by atoms with van der Waals surface area (Å²) in [4.78, 5) is 13.2. The molecule has 2 fully saturated rings. The summed E-state index contributed by atoms with van der Waals surface area (Å²) in [6, 6.07) is 2.97. The molecule has 8 heteroatoms. The van der Waals surface area contributed by atoms with Crippen LogP contribution in [-0.4, -0.2) is 36.2 Å². The van der Waals surface area contributed by atoms with E-state index in [0.29, 0.717) is 25.2 Å². The molecular formula is C15H16F4N2O2. The van der Waals surface area contributed by atoms with Gasteiger partial charge in [0.1, 0.15) is 11.4 Å². The molecule has 0 radical (unpaired) electrons. The molecule has 1 aromatic rings. The molecule has 1 aromatic carbocycles. The third-order valence-corrected chi connectivity index (χ3v) is 4.23. The lowest BCUT2D eigenvalue weighted by molar-refractivity contribution is -0.140. The smallest absolute Gasteiger partial charge is 0.419 e. The fraction of sp³-hybridized carbons (Fsp3) is 0.533. The van der Waals surface area contributed by atoms with Crippen LogP contribution in [0.5, 0.6) is 0 Å². The van der Waals surface area contributed by atoms with Gasteiger partial charge >= 0.3 is 12.3 Å². The highest BCUT2D eigenvalue weighted by Gasteiger charge is 2.43. The zero-order chi connectivity index (χ0) is 16.7. The van der Waals surface area contributed by atoms with Crippen LogP contribution in [0, 0.1) is 5.82 Å². The first-order chi connectivity index (χ1) is 10.8. The number of alkyl carbamates (subject to hydrolysis) is 1. The molecule has 0 aliphatic carbocycles. The monoisotopic (exact) mass is 332 g/mol. The van der Waals surface area contributed by atoms with Crippen LogP contribution in [-0.2, 0) is 17.5 Å². The maximum Gasteiger partial charge on any atom is 0.419 e. The lowest BCUT2D eigenvalue weighted by atomic mass is 9.92. The molecule has 1 spiro atoms. The van der Waals surface area contributed by atoms with Crippen LogP contribution in [0.1, 0.15) is 24.0 Å². The van der Waals surface area contributed by atoms with Crippen LogP contribution in [0.3, 0.4) is 0 Å². The molecule has 2 aliphatic heterocycles. The van der Waals surface area contributed by atoms with Gasteiger partial charge in [0.25, 0.3) is 0 Å². The number of hydrogen-bond donors (Lipinski definition) is 1. The molecule has 4 nitrogen and oxygen atoms in total. The van der Waals surface area contributed by atoms with Crippen LogP contribution in [0.2, 0.25) is 0 Å². The average molecular weight is 332 g/mol. The van der Waals surface area contributed by atoms with Crippen molar-refractivity contribution in [2.75, 3.05) is 19.6 Å². The summed E-state index contributed by atoms with van der Waals surface area (Å²) in [5, 5.41) is 2.62. The van der Waals surface area contributed by atoms with Crippen molar-refractivity contribution in [3.63, 3.8) is 0 Å². The predicted octanol–water partition coefficient (Wildman–Crippen LogP) is 2.92. The summed E-state index contributed by atoms with van der Waals surface area (Å²) in [7, 11) is 0. The van der Waals surface area contributed by atoms with E-state index in [-0.39, 0.29) is 0 Å². The SMILES string of the molecule is O=C1NC[C@@]2(CCCN(Cc3ccc(C(F)(F)F)c(F)c3)C2)O1. The third-order valence-electron chi connectivity index (χ3n) is 4.23. The number of piperidine rings is 1. The van der Waals surface area contributed by atoms with Crippen molar-refractivity contribution in [3.8, 4) is 0 Å². The number of nitrogens with one attached hydrogen (secondary N) is 1. The fourth-order valence-corrected chi connectivity index (χ4v) is 3.20. The number of hydrogen-bond acceptors (Lipinski definition) is 3. The summed E-state index contributed by atoms with van der Waals surface area (Å²) in [5.74, 6) is -1.27. The standard InChI is InChI=1S/C15H16F4N2O2/c16-12-6-10(2-3-11(12)15(17,18)19)7-21-5-1-4-14(9-21)8-20-13(22)23-14/h2-3,6H,1,4-5,7-9H2,(H,20,22)/t14-/m1/s1. The molecule has 2 heterocycles. The number of carbonyl (C=O) groups is 1. The molecule has 1 atom stereocenters. The van der Waals surface area contributed by atoms with E-state index in [1.54, 1.807) is 0 Å². The summed E-state index contributed by atoms with van der Waals surface area (Å²) in [6.45, 7) is 1.94. The van der Waals surface area contributed by atoms with E-state index in [4.69, 9.17) is 4.74 Å². The van der Waals surface area contributed by atoms with Gasteiger partial charge in [-0.1, -0.05) is 6.07 Å². The minimum absolute atomic E-state index is 0.314. The molecule has 1 N–H and O–H groups in total. The number of amides is 1. The second-order valence-corrected chi connectivity index (χ2v) is 6.05. The van der Waals surface area contributed by atoms with Crippen LogP contribution in [0.15, 0.2) is 18.2 Å². The molecular weight excluding hydrogens is 316 g/mol. The Bertz CT molecular complexity index is 620. The highest BCUT2D eigenvalue weighted by molar-refractivity contribution is 5.70. The number of ether oxygens (including phenoxy) is 1. The maximum absolute atomic E-state index is 13.6. The first kappa shape index (κ1) is 16.0. The van der Waals surface area contributed by atoms with Crippen molar-refractivity contribution >= 4 is 6.09 Å². The fourth-order valence-electron chi connectivity index (χ4n) is 3.20. The Balaban J connectivity index is 1.70. The van der Waals surface area contributed by atoms with Gasteiger partial charge in [-0.25, -0.2) is 9.18 Å². The Morgan fingerprint density at radius 3 is 2.74 bits per heavy atom. The number of carbonyl (C=O) groups excluding carboxylic acids is 1. The van der Waals surface area contributed by atoms with Gasteiger partial charge in [0, 0.05) is 13.1 Å². The Morgan fingerprint density at radius 1 is 1.35 bits per heavy atom. The van der Waals surface area contributed by atoms with Gasteiger partial charge in [-0.3, -0.25) is 4.90 Å². The van der Waals surface area contributed by atoms with Gasteiger partial charge in [-0.2, -0.15) is 13.2 Å². The second-order valence-electron chi connectivity index (χ2n) is 6.05. The second kappa shape index (κ2) is 5.67. The zero-order valence-electron chi connectivity index (χ0n) is 12.3. The molecule has 1 amide bonds. The minimum Gasteiger partial charge on any atom is -0.440 e. The third kappa shape index (κ3) is 3.41. The number of halogens is 4. The van der Waals surface area contributed by atoms with Gasteiger partial charge in [-0.15, -0.1) is 0 Å². The van der Waals surface area contributed by atoms with Crippen LogP contribution in [0.4, 0.5) is 22.4 Å². The number of alkyl halides is 3. The minimum atomic E-state index is -4.69. The molecule has 2 aliphatic rings. The van der Waals surface area contributed by atoms with E-state index in [2.05, 4.69) is 5.32 Å². The zero-order valence-corrected chi connectivity index (χ0v) is 12.3. The lowest BCUT2D eigenvalue weighted by Crippen LogP contribution is -2.50. The first-order valence-electron chi connectivity index (χ1n) is 7.32. The molecule has 0 unspecified atom stereocenters. The van der Waals surface area contributed by atoms with E-state index in [0.717, 1.165) is 31.5 Å². The number of rotatable bonds is 2. The van der Waals surface area contributed by atoms with Crippen LogP contribution < -0.4 is 5.32 Å². The van der Waals surface area contributed by atoms with Crippen molar-refractivity contribution in [2.45, 2.75) is 31.2 Å². The van der Waals surface area contributed by atoms with Crippen LogP contribution in [0.25, 0.3) is 0 Å². The van der Waals surface area contributed by atoms with Crippen molar-refractivity contribution in [1.82, 2.24) is 10.2 Å². The number of nitrogens with zero attached hydrogens (tertiary/aromatic N) is 1. The molecule has 0 bridgehead atoms. The summed E-state index contributed by atoms with van der Waals surface area (Å²) in [6.07, 6.45) is -3.60. The predicted molar refractivity (Wildman–Crippen MR) is 73.1 cm³/mol. The Morgan fingerprint density at radius 2 is 2.13 bits per heavy atom. The molecule has 2 saturated heterocycles. The number of likely N-dealkylation sites (tertiary alicyclic amines) is 1. The van der Waals surface area contributed by atoms with Gasteiger partial charge in [-0.05, 0) is 37.1 Å². The largest absolute Gasteiger partial charge is 0.440 e. The molecule has 3 rings (SSSR count). The highest BCUT2D eigenvalue weighted by Crippen LogP contribution is 2.32.